The van der Waals surface area contributed by atoms with Crippen molar-refractivity contribution >= 4 is 28.5 Å². The summed E-state index contributed by atoms with van der Waals surface area (Å²) < 4.78 is 1.99. The number of para-hydroxylation sites is 3. The molecule has 3 aromatic rings. The van der Waals surface area contributed by atoms with E-state index in [2.05, 4.69) is 4.98 Å². The van der Waals surface area contributed by atoms with E-state index in [4.69, 9.17) is 0 Å². The van der Waals surface area contributed by atoms with Crippen LogP contribution in [0, 0.1) is 0 Å². The lowest BCUT2D eigenvalue weighted by Crippen LogP contribution is -2.45. The van der Waals surface area contributed by atoms with E-state index in [1.54, 1.807) is 16.1 Å². The molecule has 1 atom stereocenters. The van der Waals surface area contributed by atoms with Gasteiger partial charge in [0.15, 0.2) is 0 Å². The number of aromatic nitrogens is 2. The smallest absolute Gasteiger partial charge is 0.249 e. The average Bonchev–Trinajstić information content (AvgIpc) is 3.32. The number of hydrogen-bond donors (Lipinski definition) is 0. The van der Waals surface area contributed by atoms with Crippen LogP contribution in [0.5, 0.6) is 0 Å². The Morgan fingerprint density at radius 2 is 1.89 bits per heavy atom. The van der Waals surface area contributed by atoms with Crippen molar-refractivity contribution in [2.75, 3.05) is 18.0 Å². The van der Waals surface area contributed by atoms with Crippen LogP contribution in [0.3, 0.4) is 0 Å². The Kier molecular flexibility index (Phi) is 5.10. The lowest BCUT2D eigenvalue weighted by molar-refractivity contribution is -0.138. The van der Waals surface area contributed by atoms with Gasteiger partial charge in [-0.2, -0.15) is 0 Å². The maximum absolute atomic E-state index is 12.9. The van der Waals surface area contributed by atoms with Crippen LogP contribution in [0.4, 0.5) is 5.69 Å². The molecule has 144 valence electrons. The van der Waals surface area contributed by atoms with E-state index < -0.39 is 0 Å². The maximum atomic E-state index is 12.9. The zero-order valence-electron chi connectivity index (χ0n) is 16.0. The lowest BCUT2D eigenvalue weighted by Gasteiger charge is -2.27. The minimum atomic E-state index is -0.378. The predicted octanol–water partition coefficient (Wildman–Crippen LogP) is 3.08. The van der Waals surface area contributed by atoms with Crippen LogP contribution in [0.2, 0.25) is 0 Å². The molecule has 0 aliphatic carbocycles. The third-order valence-corrected chi connectivity index (χ3v) is 5.38. The van der Waals surface area contributed by atoms with Crippen molar-refractivity contribution in [2.45, 2.75) is 32.4 Å². The first-order valence-electron chi connectivity index (χ1n) is 9.75. The number of nitrogens with zero attached hydrogens (tertiary/aromatic N) is 4. The summed E-state index contributed by atoms with van der Waals surface area (Å²) in [6.07, 6.45) is 2.79. The van der Waals surface area contributed by atoms with Crippen molar-refractivity contribution in [1.82, 2.24) is 14.5 Å². The van der Waals surface area contributed by atoms with Crippen molar-refractivity contribution in [3.63, 3.8) is 0 Å². The molecule has 0 spiro atoms. The SMILES string of the molecule is CCN(C(=O)CCn1cnc2ccccc21)[C@@H]1CCN(c2ccccc2)C1=O. The molecule has 2 heterocycles. The molecule has 0 saturated carbocycles. The van der Waals surface area contributed by atoms with Gasteiger partial charge in [0.1, 0.15) is 6.04 Å². The van der Waals surface area contributed by atoms with Crippen LogP contribution in [0.1, 0.15) is 19.8 Å². The summed E-state index contributed by atoms with van der Waals surface area (Å²) in [6, 6.07) is 17.2. The van der Waals surface area contributed by atoms with Gasteiger partial charge in [-0.3, -0.25) is 9.59 Å². The highest BCUT2D eigenvalue weighted by molar-refractivity contribution is 6.01. The van der Waals surface area contributed by atoms with E-state index in [1.165, 1.54) is 0 Å². The Hall–Kier alpha value is -3.15. The zero-order chi connectivity index (χ0) is 19.5. The van der Waals surface area contributed by atoms with Crippen molar-refractivity contribution in [3.8, 4) is 0 Å². The standard InChI is InChI=1S/C22H24N4O2/c1-2-25(20-12-15-26(22(20)28)17-8-4-3-5-9-17)21(27)13-14-24-16-23-18-10-6-7-11-19(18)24/h3-11,16,20H,2,12-15H2,1H3/t20-/m1/s1. The van der Waals surface area contributed by atoms with Crippen LogP contribution in [-0.2, 0) is 16.1 Å². The summed E-state index contributed by atoms with van der Waals surface area (Å²) >= 11 is 0. The number of carbonyl (C=O) groups is 2. The molecule has 2 aromatic carbocycles. The summed E-state index contributed by atoms with van der Waals surface area (Å²) in [5, 5.41) is 0. The zero-order valence-corrected chi connectivity index (χ0v) is 16.0. The van der Waals surface area contributed by atoms with Gasteiger partial charge >= 0.3 is 0 Å². The van der Waals surface area contributed by atoms with Crippen molar-refractivity contribution in [1.29, 1.82) is 0 Å². The highest BCUT2D eigenvalue weighted by Crippen LogP contribution is 2.24. The second-order valence-electron chi connectivity index (χ2n) is 6.99. The second-order valence-corrected chi connectivity index (χ2v) is 6.99. The third kappa shape index (κ3) is 3.38. The van der Waals surface area contributed by atoms with Gasteiger partial charge < -0.3 is 14.4 Å². The van der Waals surface area contributed by atoms with Gasteiger partial charge in [0.05, 0.1) is 17.4 Å². The number of carbonyl (C=O) groups excluding carboxylic acids is 2. The Bertz CT molecular complexity index is 982. The number of benzene rings is 2. The van der Waals surface area contributed by atoms with Gasteiger partial charge in [0, 0.05) is 31.7 Å². The number of rotatable bonds is 6. The van der Waals surface area contributed by atoms with Gasteiger partial charge in [-0.05, 0) is 37.6 Å². The summed E-state index contributed by atoms with van der Waals surface area (Å²) in [4.78, 5) is 33.7. The molecule has 6 nitrogen and oxygen atoms in total. The quantitative estimate of drug-likeness (QED) is 0.664. The highest BCUT2D eigenvalue weighted by Gasteiger charge is 2.37. The molecule has 1 fully saturated rings. The van der Waals surface area contributed by atoms with Crippen LogP contribution < -0.4 is 4.90 Å². The topological polar surface area (TPSA) is 58.4 Å². The molecular formula is C22H24N4O2. The maximum Gasteiger partial charge on any atom is 0.249 e. The highest BCUT2D eigenvalue weighted by atomic mass is 16.2. The number of likely N-dealkylation sites (N-methyl/N-ethyl adjacent to an activating group) is 1. The molecule has 1 aliphatic heterocycles. The first kappa shape index (κ1) is 18.2. The number of aryl methyl sites for hydroxylation is 1. The molecule has 0 bridgehead atoms. The molecule has 0 N–H and O–H groups in total. The monoisotopic (exact) mass is 376 g/mol. The van der Waals surface area contributed by atoms with E-state index in [-0.39, 0.29) is 17.9 Å². The van der Waals surface area contributed by atoms with Gasteiger partial charge in [-0.1, -0.05) is 30.3 Å². The molecular weight excluding hydrogens is 352 g/mol. The minimum Gasteiger partial charge on any atom is -0.331 e. The van der Waals surface area contributed by atoms with Crippen LogP contribution in [0.15, 0.2) is 60.9 Å². The Morgan fingerprint density at radius 3 is 2.68 bits per heavy atom. The van der Waals surface area contributed by atoms with E-state index in [0.29, 0.717) is 32.5 Å². The fourth-order valence-electron chi connectivity index (χ4n) is 3.94. The van der Waals surface area contributed by atoms with Crippen LogP contribution in [-0.4, -0.2) is 45.4 Å². The average molecular weight is 376 g/mol. The number of imidazole rings is 1. The van der Waals surface area contributed by atoms with Crippen LogP contribution in [0.25, 0.3) is 11.0 Å². The fourth-order valence-corrected chi connectivity index (χ4v) is 3.94. The lowest BCUT2D eigenvalue weighted by atomic mass is 10.2. The molecule has 0 radical (unpaired) electrons. The Morgan fingerprint density at radius 1 is 1.14 bits per heavy atom. The normalized spacial score (nSPS) is 16.7. The first-order chi connectivity index (χ1) is 13.7. The van der Waals surface area contributed by atoms with Gasteiger partial charge in [0.2, 0.25) is 11.8 Å². The molecule has 2 amide bonds. The number of amides is 2. The Labute approximate surface area is 164 Å². The van der Waals surface area contributed by atoms with E-state index in [9.17, 15) is 9.59 Å². The van der Waals surface area contributed by atoms with Gasteiger partial charge in [-0.15, -0.1) is 0 Å². The minimum absolute atomic E-state index is 0.00791. The molecule has 0 unspecified atom stereocenters. The molecule has 1 aromatic heterocycles. The van der Waals surface area contributed by atoms with Crippen molar-refractivity contribution in [3.05, 3.63) is 60.9 Å². The van der Waals surface area contributed by atoms with E-state index in [0.717, 1.165) is 16.7 Å². The van der Waals surface area contributed by atoms with Crippen molar-refractivity contribution < 1.29 is 9.59 Å². The van der Waals surface area contributed by atoms with E-state index in [1.807, 2.05) is 66.1 Å². The summed E-state index contributed by atoms with van der Waals surface area (Å²) in [6.45, 7) is 3.66. The molecule has 1 aliphatic rings. The summed E-state index contributed by atoms with van der Waals surface area (Å²) in [5.41, 5.74) is 2.83. The summed E-state index contributed by atoms with van der Waals surface area (Å²) in [5.74, 6) is 0.0167. The fraction of sp³-hybridized carbons (Fsp3) is 0.318. The first-order valence-corrected chi connectivity index (χ1v) is 9.75. The third-order valence-electron chi connectivity index (χ3n) is 5.38. The molecule has 6 heteroatoms. The molecule has 1 saturated heterocycles. The second kappa shape index (κ2) is 7.84. The largest absolute Gasteiger partial charge is 0.331 e. The molecule has 28 heavy (non-hydrogen) atoms. The molecule has 4 rings (SSSR count). The van der Waals surface area contributed by atoms with E-state index >= 15 is 0 Å². The van der Waals surface area contributed by atoms with Crippen LogP contribution >= 0.6 is 0 Å². The number of fused-ring (bicyclic) bond motifs is 1. The van der Waals surface area contributed by atoms with Gasteiger partial charge in [-0.25, -0.2) is 4.98 Å². The van der Waals surface area contributed by atoms with Gasteiger partial charge in [0.25, 0.3) is 0 Å². The number of hydrogen-bond acceptors (Lipinski definition) is 3. The number of anilines is 1. The predicted molar refractivity (Wildman–Crippen MR) is 109 cm³/mol. The van der Waals surface area contributed by atoms with Crippen molar-refractivity contribution in [2.24, 2.45) is 0 Å². The Balaban J connectivity index is 1.43. The summed E-state index contributed by atoms with van der Waals surface area (Å²) in [7, 11) is 0.